The predicted octanol–water partition coefficient (Wildman–Crippen LogP) is 5.69. The van der Waals surface area contributed by atoms with Gasteiger partial charge in [0.1, 0.15) is 0 Å². The highest BCUT2D eigenvalue weighted by Crippen LogP contribution is 2.40. The van der Waals surface area contributed by atoms with Crippen LogP contribution in [0.15, 0.2) is 59.3 Å². The van der Waals surface area contributed by atoms with E-state index in [1.807, 2.05) is 31.2 Å². The first-order valence-electron chi connectivity index (χ1n) is 8.43. The Labute approximate surface area is 141 Å². The monoisotopic (exact) mass is 314 g/mol. The molecule has 0 saturated heterocycles. The number of hydrogen-bond acceptors (Lipinski definition) is 2. The van der Waals surface area contributed by atoms with E-state index in [0.29, 0.717) is 6.61 Å². The van der Waals surface area contributed by atoms with Crippen molar-refractivity contribution in [2.75, 3.05) is 6.61 Å². The molecule has 1 aliphatic carbocycles. The van der Waals surface area contributed by atoms with Crippen molar-refractivity contribution in [1.29, 1.82) is 0 Å². The third-order valence-electron chi connectivity index (χ3n) is 4.13. The normalized spacial score (nSPS) is 19.3. The maximum absolute atomic E-state index is 11.3. The fraction of sp³-hybridized carbons (Fsp3) is 0.476. The molecule has 0 unspecified atom stereocenters. The Morgan fingerprint density at radius 2 is 1.91 bits per heavy atom. The van der Waals surface area contributed by atoms with E-state index in [1.165, 1.54) is 36.5 Å². The summed E-state index contributed by atoms with van der Waals surface area (Å²) in [6, 6.07) is 0. The summed E-state index contributed by atoms with van der Waals surface area (Å²) in [7, 11) is 0. The summed E-state index contributed by atoms with van der Waals surface area (Å²) in [5.41, 5.74) is 4.14. The van der Waals surface area contributed by atoms with Crippen LogP contribution in [0.2, 0.25) is 0 Å². The molecule has 0 spiro atoms. The molecule has 1 aliphatic rings. The second-order valence-electron chi connectivity index (χ2n) is 6.67. The molecule has 0 aromatic carbocycles. The summed E-state index contributed by atoms with van der Waals surface area (Å²) in [4.78, 5) is 11.3. The van der Waals surface area contributed by atoms with Crippen LogP contribution in [-0.2, 0) is 9.53 Å². The first-order chi connectivity index (χ1) is 10.9. The maximum Gasteiger partial charge on any atom is 0.330 e. The number of carbonyl (C=O) groups excluding carboxylic acids is 1. The molecular formula is C21H30O2. The van der Waals surface area contributed by atoms with Crippen molar-refractivity contribution < 1.29 is 9.53 Å². The van der Waals surface area contributed by atoms with Crippen LogP contribution in [0, 0.1) is 5.41 Å². The second kappa shape index (κ2) is 9.34. The Morgan fingerprint density at radius 1 is 1.22 bits per heavy atom. The summed E-state index contributed by atoms with van der Waals surface area (Å²) in [5.74, 6) is -0.291. The topological polar surface area (TPSA) is 26.3 Å². The van der Waals surface area contributed by atoms with Gasteiger partial charge in [0, 0.05) is 6.08 Å². The maximum atomic E-state index is 11.3. The molecule has 2 nitrogen and oxygen atoms in total. The molecule has 0 N–H and O–H groups in total. The standard InChI is InChI=1S/C21H30O2/c1-6-23-20(22)16-17(2)12-9-7-8-10-14-19-18(3)13-11-15-21(19,4)5/h7-10,12,14,16H,6,11,13,15H2,1-5H3/b8-7+,12-9+,14-10+,17-16+. The van der Waals surface area contributed by atoms with Gasteiger partial charge >= 0.3 is 5.97 Å². The lowest BCUT2D eigenvalue weighted by atomic mass is 9.73. The van der Waals surface area contributed by atoms with Gasteiger partial charge in [-0.25, -0.2) is 4.79 Å². The van der Waals surface area contributed by atoms with Gasteiger partial charge in [-0.3, -0.25) is 0 Å². The van der Waals surface area contributed by atoms with E-state index in [-0.39, 0.29) is 11.4 Å². The highest BCUT2D eigenvalue weighted by molar-refractivity contribution is 5.83. The Hall–Kier alpha value is -1.83. The first kappa shape index (κ1) is 19.2. The van der Waals surface area contributed by atoms with Gasteiger partial charge in [-0.15, -0.1) is 0 Å². The zero-order chi connectivity index (χ0) is 17.3. The van der Waals surface area contributed by atoms with Crippen molar-refractivity contribution in [2.24, 2.45) is 5.41 Å². The highest BCUT2D eigenvalue weighted by Gasteiger charge is 2.26. The van der Waals surface area contributed by atoms with Gasteiger partial charge in [-0.05, 0) is 56.6 Å². The van der Waals surface area contributed by atoms with Crippen molar-refractivity contribution in [3.63, 3.8) is 0 Å². The van der Waals surface area contributed by atoms with Crippen LogP contribution in [0.5, 0.6) is 0 Å². The molecule has 23 heavy (non-hydrogen) atoms. The van der Waals surface area contributed by atoms with Crippen LogP contribution in [0.1, 0.15) is 53.9 Å². The van der Waals surface area contributed by atoms with Gasteiger partial charge in [0.05, 0.1) is 6.61 Å². The van der Waals surface area contributed by atoms with Crippen molar-refractivity contribution in [1.82, 2.24) is 0 Å². The molecule has 0 aromatic heterocycles. The minimum absolute atomic E-state index is 0.279. The average molecular weight is 314 g/mol. The molecule has 126 valence electrons. The molecule has 0 fully saturated rings. The van der Waals surface area contributed by atoms with Crippen molar-refractivity contribution in [3.8, 4) is 0 Å². The van der Waals surface area contributed by atoms with Crippen LogP contribution < -0.4 is 0 Å². The smallest absolute Gasteiger partial charge is 0.330 e. The molecule has 0 saturated carbocycles. The summed E-state index contributed by atoms with van der Waals surface area (Å²) in [6.07, 6.45) is 17.4. The van der Waals surface area contributed by atoms with Crippen molar-refractivity contribution in [3.05, 3.63) is 59.3 Å². The SMILES string of the molecule is CCOC(=O)/C=C(C)/C=C/C=C/C=C/C1=C(C)CCCC1(C)C. The van der Waals surface area contributed by atoms with E-state index >= 15 is 0 Å². The van der Waals surface area contributed by atoms with E-state index in [9.17, 15) is 4.79 Å². The quantitative estimate of drug-likeness (QED) is 0.357. The number of carbonyl (C=O) groups is 1. The van der Waals surface area contributed by atoms with Crippen molar-refractivity contribution >= 4 is 5.97 Å². The summed E-state index contributed by atoms with van der Waals surface area (Å²) < 4.78 is 4.87. The molecular weight excluding hydrogens is 284 g/mol. The summed E-state index contributed by atoms with van der Waals surface area (Å²) in [6.45, 7) is 11.0. The third-order valence-corrected chi connectivity index (χ3v) is 4.13. The van der Waals surface area contributed by atoms with Gasteiger partial charge in [0.2, 0.25) is 0 Å². The predicted molar refractivity (Wildman–Crippen MR) is 98.1 cm³/mol. The van der Waals surface area contributed by atoms with Crippen LogP contribution in [0.4, 0.5) is 0 Å². The number of allylic oxidation sites excluding steroid dienone is 9. The Bertz CT molecular complexity index is 554. The molecule has 2 heteroatoms. The minimum atomic E-state index is -0.291. The van der Waals surface area contributed by atoms with Gasteiger partial charge in [-0.1, -0.05) is 55.9 Å². The van der Waals surface area contributed by atoms with Crippen LogP contribution in [0.3, 0.4) is 0 Å². The van der Waals surface area contributed by atoms with Crippen molar-refractivity contribution in [2.45, 2.75) is 53.9 Å². The fourth-order valence-corrected chi connectivity index (χ4v) is 2.92. The van der Waals surface area contributed by atoms with Crippen LogP contribution in [0.25, 0.3) is 0 Å². The first-order valence-corrected chi connectivity index (χ1v) is 8.43. The minimum Gasteiger partial charge on any atom is -0.463 e. The number of hydrogen-bond donors (Lipinski definition) is 0. The molecule has 0 heterocycles. The summed E-state index contributed by atoms with van der Waals surface area (Å²) >= 11 is 0. The molecule has 0 aliphatic heterocycles. The molecule has 1 rings (SSSR count). The van der Waals surface area contributed by atoms with Gasteiger partial charge in [0.25, 0.3) is 0 Å². The van der Waals surface area contributed by atoms with Crippen LogP contribution in [-0.4, -0.2) is 12.6 Å². The lowest BCUT2D eigenvalue weighted by molar-refractivity contribution is -0.137. The zero-order valence-electron chi connectivity index (χ0n) is 15.2. The van der Waals surface area contributed by atoms with Crippen LogP contribution >= 0.6 is 0 Å². The average Bonchev–Trinajstić information content (AvgIpc) is 2.44. The Kier molecular flexibility index (Phi) is 7.80. The van der Waals surface area contributed by atoms with Gasteiger partial charge in [0.15, 0.2) is 0 Å². The summed E-state index contributed by atoms with van der Waals surface area (Å²) in [5, 5.41) is 0. The van der Waals surface area contributed by atoms with E-state index < -0.39 is 0 Å². The molecule has 0 radical (unpaired) electrons. The van der Waals surface area contributed by atoms with E-state index in [0.717, 1.165) is 5.57 Å². The Balaban J connectivity index is 2.59. The van der Waals surface area contributed by atoms with Gasteiger partial charge in [-0.2, -0.15) is 0 Å². The van der Waals surface area contributed by atoms with Gasteiger partial charge < -0.3 is 4.74 Å². The van der Waals surface area contributed by atoms with E-state index in [1.54, 1.807) is 6.92 Å². The van der Waals surface area contributed by atoms with E-state index in [2.05, 4.69) is 32.9 Å². The number of rotatable bonds is 6. The fourth-order valence-electron chi connectivity index (χ4n) is 2.92. The molecule has 0 atom stereocenters. The number of ether oxygens (including phenoxy) is 1. The zero-order valence-corrected chi connectivity index (χ0v) is 15.2. The lowest BCUT2D eigenvalue weighted by Gasteiger charge is -2.32. The molecule has 0 bridgehead atoms. The third kappa shape index (κ3) is 6.85. The van der Waals surface area contributed by atoms with E-state index in [4.69, 9.17) is 4.74 Å². The second-order valence-corrected chi connectivity index (χ2v) is 6.67. The molecule has 0 amide bonds. The lowest BCUT2D eigenvalue weighted by Crippen LogP contribution is -2.18. The largest absolute Gasteiger partial charge is 0.463 e. The number of esters is 1. The highest BCUT2D eigenvalue weighted by atomic mass is 16.5. The molecule has 0 aromatic rings. The Morgan fingerprint density at radius 3 is 2.57 bits per heavy atom.